The Kier molecular flexibility index (Phi) is 13.4. The Morgan fingerprint density at radius 3 is 2.56 bits per heavy atom. The molecule has 3 aromatic heterocycles. The van der Waals surface area contributed by atoms with Crippen LogP contribution >= 0.6 is 11.6 Å². The van der Waals surface area contributed by atoms with Crippen molar-refractivity contribution >= 4 is 29.2 Å². The SMILES string of the molecule is CC(C)[C@H](OC(=O)C(C)(C)C)n1nnnc1COC[C@@H](C)N[C@H]1CC[C@H](Nc2cc(-c3cccc(NCC4(C#N)CCOCC4)n3)c(Cl)cn2)CC1. The smallest absolute Gasteiger partial charge is 0.313 e. The zero-order chi connectivity index (χ0) is 37.3. The first kappa shape index (κ1) is 39.3. The molecule has 0 aromatic carbocycles. The first-order chi connectivity index (χ1) is 24.9. The fourth-order valence-corrected chi connectivity index (χ4v) is 6.60. The topological polar surface area (TPSA) is 174 Å². The second kappa shape index (κ2) is 17.7. The number of hydrogen-bond donors (Lipinski definition) is 3. The summed E-state index contributed by atoms with van der Waals surface area (Å²) in [7, 11) is 0. The molecule has 2 aliphatic rings. The Bertz CT molecular complexity index is 1660. The van der Waals surface area contributed by atoms with E-state index in [-0.39, 0.29) is 30.6 Å². The second-order valence-corrected chi connectivity index (χ2v) is 15.8. The fourth-order valence-electron chi connectivity index (χ4n) is 6.40. The number of pyridine rings is 2. The largest absolute Gasteiger partial charge is 0.439 e. The van der Waals surface area contributed by atoms with Gasteiger partial charge in [0.15, 0.2) is 5.82 Å². The molecule has 1 saturated carbocycles. The molecule has 0 radical (unpaired) electrons. The zero-order valence-corrected chi connectivity index (χ0v) is 31.9. The maximum absolute atomic E-state index is 12.6. The zero-order valence-electron chi connectivity index (χ0n) is 31.2. The molecular weight excluding hydrogens is 684 g/mol. The van der Waals surface area contributed by atoms with Crippen molar-refractivity contribution in [3.63, 3.8) is 0 Å². The van der Waals surface area contributed by atoms with Crippen LogP contribution in [-0.2, 0) is 25.6 Å². The van der Waals surface area contributed by atoms with Crippen LogP contribution in [0.1, 0.15) is 92.1 Å². The van der Waals surface area contributed by atoms with Crippen molar-refractivity contribution in [2.24, 2.45) is 16.7 Å². The number of halogens is 1. The number of nitrogens with zero attached hydrogens (tertiary/aromatic N) is 7. The van der Waals surface area contributed by atoms with Gasteiger partial charge in [-0.15, -0.1) is 5.10 Å². The Labute approximate surface area is 311 Å². The van der Waals surface area contributed by atoms with Crippen LogP contribution in [0.15, 0.2) is 30.5 Å². The highest BCUT2D eigenvalue weighted by molar-refractivity contribution is 6.33. The van der Waals surface area contributed by atoms with Crippen molar-refractivity contribution in [1.29, 1.82) is 5.26 Å². The summed E-state index contributed by atoms with van der Waals surface area (Å²) in [6.07, 6.45) is 6.47. The van der Waals surface area contributed by atoms with E-state index in [4.69, 9.17) is 30.8 Å². The van der Waals surface area contributed by atoms with Crippen LogP contribution in [0.25, 0.3) is 11.3 Å². The summed E-state index contributed by atoms with van der Waals surface area (Å²) in [6.45, 7) is 13.9. The van der Waals surface area contributed by atoms with Gasteiger partial charge < -0.3 is 30.2 Å². The standard InChI is InChI=1S/C37H53ClN10O4/c1-24(2)34(52-35(49)36(4,5)6)48-33(45-46-47-48)21-51-20-25(3)42-26-10-12-27(13-11-26)43-32-18-28(29(38)19-40-32)30-8-7-9-31(44-30)41-23-37(22-39)14-16-50-17-15-37/h7-9,18-19,24-27,34,42H,10-17,20-21,23H2,1-6H3,(H,40,43)(H,41,44)/t25-,26-,27-,34+/m1/s1. The highest BCUT2D eigenvalue weighted by Crippen LogP contribution is 2.32. The molecule has 2 atom stereocenters. The summed E-state index contributed by atoms with van der Waals surface area (Å²) in [5.74, 6) is 1.64. The van der Waals surface area contributed by atoms with Crippen LogP contribution < -0.4 is 16.0 Å². The number of carbonyl (C=O) groups excluding carboxylic acids is 1. The van der Waals surface area contributed by atoms with Gasteiger partial charge in [0.05, 0.1) is 34.2 Å². The number of nitriles is 1. The molecule has 3 aromatic rings. The highest BCUT2D eigenvalue weighted by atomic mass is 35.5. The number of anilines is 2. The van der Waals surface area contributed by atoms with Gasteiger partial charge in [0.25, 0.3) is 0 Å². The average molecular weight is 737 g/mol. The van der Waals surface area contributed by atoms with E-state index in [1.165, 1.54) is 0 Å². The lowest BCUT2D eigenvalue weighted by molar-refractivity contribution is -0.168. The minimum Gasteiger partial charge on any atom is -0.439 e. The molecule has 52 heavy (non-hydrogen) atoms. The number of ether oxygens (including phenoxy) is 3. The third-order valence-electron chi connectivity index (χ3n) is 9.59. The predicted octanol–water partition coefficient (Wildman–Crippen LogP) is 6.18. The van der Waals surface area contributed by atoms with E-state index in [1.54, 1.807) is 10.9 Å². The Hall–Kier alpha value is -3.90. The van der Waals surface area contributed by atoms with Crippen LogP contribution in [0, 0.1) is 28.1 Å². The highest BCUT2D eigenvalue weighted by Gasteiger charge is 2.33. The van der Waals surface area contributed by atoms with E-state index < -0.39 is 17.1 Å². The number of tetrazole rings is 1. The first-order valence-corrected chi connectivity index (χ1v) is 18.7. The molecular formula is C37H53ClN10O4. The lowest BCUT2D eigenvalue weighted by atomic mass is 9.82. The van der Waals surface area contributed by atoms with Gasteiger partial charge in [0.1, 0.15) is 18.2 Å². The van der Waals surface area contributed by atoms with Gasteiger partial charge in [-0.05, 0) is 94.8 Å². The van der Waals surface area contributed by atoms with Crippen molar-refractivity contribution in [2.45, 2.75) is 111 Å². The predicted molar refractivity (Wildman–Crippen MR) is 198 cm³/mol. The van der Waals surface area contributed by atoms with Crippen LogP contribution in [-0.4, -0.2) is 80.6 Å². The molecule has 0 spiro atoms. The van der Waals surface area contributed by atoms with Crippen molar-refractivity contribution in [2.75, 3.05) is 37.0 Å². The normalized spacial score (nSPS) is 20.1. The maximum Gasteiger partial charge on any atom is 0.313 e. The van der Waals surface area contributed by atoms with E-state index in [1.807, 2.05) is 58.9 Å². The molecule has 2 fully saturated rings. The summed E-state index contributed by atoms with van der Waals surface area (Å²) >= 11 is 6.61. The van der Waals surface area contributed by atoms with Crippen LogP contribution in [0.2, 0.25) is 5.02 Å². The maximum atomic E-state index is 12.6. The van der Waals surface area contributed by atoms with Gasteiger partial charge in [-0.25, -0.2) is 9.97 Å². The van der Waals surface area contributed by atoms with E-state index in [2.05, 4.69) is 49.5 Å². The van der Waals surface area contributed by atoms with Gasteiger partial charge in [0, 0.05) is 55.6 Å². The third kappa shape index (κ3) is 10.6. The van der Waals surface area contributed by atoms with E-state index >= 15 is 0 Å². The van der Waals surface area contributed by atoms with E-state index in [0.29, 0.717) is 61.9 Å². The molecule has 0 bridgehead atoms. The van der Waals surface area contributed by atoms with Crippen molar-refractivity contribution < 1.29 is 19.0 Å². The van der Waals surface area contributed by atoms with E-state index in [0.717, 1.165) is 42.8 Å². The number of carbonyl (C=O) groups is 1. The van der Waals surface area contributed by atoms with Crippen molar-refractivity contribution in [1.82, 2.24) is 35.5 Å². The average Bonchev–Trinajstić information content (AvgIpc) is 3.59. The summed E-state index contributed by atoms with van der Waals surface area (Å²) in [5, 5.41) is 33.1. The summed E-state index contributed by atoms with van der Waals surface area (Å²) < 4.78 is 18.8. The third-order valence-corrected chi connectivity index (χ3v) is 9.89. The molecule has 3 N–H and O–H groups in total. The monoisotopic (exact) mass is 736 g/mol. The molecule has 1 saturated heterocycles. The molecule has 282 valence electrons. The number of esters is 1. The lowest BCUT2D eigenvalue weighted by Gasteiger charge is -2.32. The molecule has 14 nitrogen and oxygen atoms in total. The molecule has 1 aliphatic heterocycles. The van der Waals surface area contributed by atoms with E-state index in [9.17, 15) is 10.1 Å². The van der Waals surface area contributed by atoms with Gasteiger partial charge >= 0.3 is 5.97 Å². The molecule has 0 amide bonds. The fraction of sp³-hybridized carbons (Fsp3) is 0.649. The Balaban J connectivity index is 1.07. The number of hydrogen-bond acceptors (Lipinski definition) is 13. The molecule has 15 heteroatoms. The van der Waals surface area contributed by atoms with Gasteiger partial charge in [-0.3, -0.25) is 4.79 Å². The van der Waals surface area contributed by atoms with Crippen LogP contribution in [0.3, 0.4) is 0 Å². The Morgan fingerprint density at radius 1 is 1.13 bits per heavy atom. The summed E-state index contributed by atoms with van der Waals surface area (Å²) in [6, 6.07) is 11.0. The number of nitrogens with one attached hydrogen (secondary N) is 3. The van der Waals surface area contributed by atoms with Crippen LogP contribution in [0.5, 0.6) is 0 Å². The van der Waals surface area contributed by atoms with Crippen LogP contribution in [0.4, 0.5) is 11.6 Å². The first-order valence-electron chi connectivity index (χ1n) is 18.3. The molecule has 4 heterocycles. The minimum absolute atomic E-state index is 0.0277. The number of aromatic nitrogens is 6. The second-order valence-electron chi connectivity index (χ2n) is 15.4. The molecule has 0 unspecified atom stereocenters. The van der Waals surface area contributed by atoms with Gasteiger partial charge in [-0.2, -0.15) is 9.94 Å². The summed E-state index contributed by atoms with van der Waals surface area (Å²) in [4.78, 5) is 22.0. The lowest BCUT2D eigenvalue weighted by Crippen LogP contribution is -2.43. The van der Waals surface area contributed by atoms with Crippen molar-refractivity contribution in [3.8, 4) is 17.3 Å². The minimum atomic E-state index is -0.635. The Morgan fingerprint density at radius 2 is 1.87 bits per heavy atom. The number of rotatable bonds is 15. The van der Waals surface area contributed by atoms with Crippen molar-refractivity contribution in [3.05, 3.63) is 41.3 Å². The molecule has 5 rings (SSSR count). The quantitative estimate of drug-likeness (QED) is 0.151. The van der Waals surface area contributed by atoms with Gasteiger partial charge in [-0.1, -0.05) is 31.5 Å². The molecule has 1 aliphatic carbocycles. The van der Waals surface area contributed by atoms with Gasteiger partial charge in [0.2, 0.25) is 6.23 Å². The summed E-state index contributed by atoms with van der Waals surface area (Å²) in [5.41, 5.74) is 0.450.